The lowest BCUT2D eigenvalue weighted by Gasteiger charge is -2.14. The van der Waals surface area contributed by atoms with Crippen molar-refractivity contribution in [1.82, 2.24) is 4.98 Å². The minimum Gasteiger partial charge on any atom is -0.373 e. The summed E-state index contributed by atoms with van der Waals surface area (Å²) >= 11 is 0. The lowest BCUT2D eigenvalue weighted by Crippen LogP contribution is -2.20. The van der Waals surface area contributed by atoms with Crippen LogP contribution in [0.2, 0.25) is 0 Å². The molecule has 3 aromatic rings. The van der Waals surface area contributed by atoms with Crippen molar-refractivity contribution < 1.29 is 9.53 Å². The molecule has 1 unspecified atom stereocenters. The standard InChI is InChI=1S/C20H20N2O2/c1-15(24-14-16-7-3-2-4-8-16)13-19(23)22-18-11-5-9-17-10-6-12-21-20(17)18/h2-12,15H,13-14H2,1H3,(H,22,23). The Morgan fingerprint density at radius 1 is 1.08 bits per heavy atom. The van der Waals surface area contributed by atoms with Gasteiger partial charge in [-0.05, 0) is 24.6 Å². The maximum Gasteiger partial charge on any atom is 0.227 e. The summed E-state index contributed by atoms with van der Waals surface area (Å²) in [5.41, 5.74) is 2.63. The van der Waals surface area contributed by atoms with E-state index >= 15 is 0 Å². The molecule has 0 saturated carbocycles. The molecule has 0 aliphatic carbocycles. The topological polar surface area (TPSA) is 51.2 Å². The van der Waals surface area contributed by atoms with E-state index in [9.17, 15) is 4.79 Å². The van der Waals surface area contributed by atoms with Crippen LogP contribution in [0.15, 0.2) is 66.9 Å². The van der Waals surface area contributed by atoms with Gasteiger partial charge in [0.05, 0.1) is 30.3 Å². The van der Waals surface area contributed by atoms with Crippen molar-refractivity contribution in [3.8, 4) is 0 Å². The molecule has 3 rings (SSSR count). The summed E-state index contributed by atoms with van der Waals surface area (Å²) in [5.74, 6) is -0.0753. The number of para-hydroxylation sites is 1. The van der Waals surface area contributed by atoms with Crippen molar-refractivity contribution in [2.75, 3.05) is 5.32 Å². The first-order valence-electron chi connectivity index (χ1n) is 8.01. The monoisotopic (exact) mass is 320 g/mol. The van der Waals surface area contributed by atoms with Gasteiger partial charge in [-0.25, -0.2) is 0 Å². The fourth-order valence-electron chi connectivity index (χ4n) is 2.54. The number of hydrogen-bond acceptors (Lipinski definition) is 3. The van der Waals surface area contributed by atoms with Crippen molar-refractivity contribution in [1.29, 1.82) is 0 Å². The average molecular weight is 320 g/mol. The summed E-state index contributed by atoms with van der Waals surface area (Å²) in [7, 11) is 0. The Hall–Kier alpha value is -2.72. The zero-order chi connectivity index (χ0) is 16.8. The third-order valence-corrected chi connectivity index (χ3v) is 3.76. The van der Waals surface area contributed by atoms with E-state index in [-0.39, 0.29) is 12.0 Å². The first kappa shape index (κ1) is 16.1. The largest absolute Gasteiger partial charge is 0.373 e. The number of rotatable bonds is 6. The number of nitrogens with zero attached hydrogens (tertiary/aromatic N) is 1. The SMILES string of the molecule is CC(CC(=O)Nc1cccc2cccnc12)OCc1ccccc1. The maximum atomic E-state index is 12.3. The number of aromatic nitrogens is 1. The molecule has 0 fully saturated rings. The van der Waals surface area contributed by atoms with E-state index in [2.05, 4.69) is 10.3 Å². The molecule has 0 bridgehead atoms. The zero-order valence-corrected chi connectivity index (χ0v) is 13.6. The number of ether oxygens (including phenoxy) is 1. The summed E-state index contributed by atoms with van der Waals surface area (Å²) in [6, 6.07) is 19.5. The number of carbonyl (C=O) groups is 1. The zero-order valence-electron chi connectivity index (χ0n) is 13.6. The number of pyridine rings is 1. The molecular formula is C20H20N2O2. The van der Waals surface area contributed by atoms with E-state index in [1.807, 2.05) is 67.6 Å². The number of anilines is 1. The van der Waals surface area contributed by atoms with Gasteiger partial charge in [0.15, 0.2) is 0 Å². The predicted molar refractivity (Wildman–Crippen MR) is 95.7 cm³/mol. The third-order valence-electron chi connectivity index (χ3n) is 3.76. The molecule has 0 radical (unpaired) electrons. The maximum absolute atomic E-state index is 12.3. The van der Waals surface area contributed by atoms with Gasteiger partial charge in [0.2, 0.25) is 5.91 Å². The van der Waals surface area contributed by atoms with Gasteiger partial charge in [-0.1, -0.05) is 48.5 Å². The van der Waals surface area contributed by atoms with E-state index in [1.54, 1.807) is 6.20 Å². The predicted octanol–water partition coefficient (Wildman–Crippen LogP) is 4.17. The number of fused-ring (bicyclic) bond motifs is 1. The van der Waals surface area contributed by atoms with E-state index in [1.165, 1.54) is 0 Å². The van der Waals surface area contributed by atoms with Gasteiger partial charge in [0.25, 0.3) is 0 Å². The summed E-state index contributed by atoms with van der Waals surface area (Å²) in [5, 5.41) is 3.94. The molecule has 4 nitrogen and oxygen atoms in total. The molecule has 24 heavy (non-hydrogen) atoms. The van der Waals surface area contributed by atoms with Gasteiger partial charge >= 0.3 is 0 Å². The Labute approximate surface area is 141 Å². The van der Waals surface area contributed by atoms with Gasteiger partial charge in [-0.15, -0.1) is 0 Å². The fraction of sp³-hybridized carbons (Fsp3) is 0.200. The van der Waals surface area contributed by atoms with Gasteiger partial charge in [-0.2, -0.15) is 0 Å². The van der Waals surface area contributed by atoms with E-state index in [4.69, 9.17) is 4.74 Å². The molecule has 122 valence electrons. The summed E-state index contributed by atoms with van der Waals surface area (Å²) in [4.78, 5) is 16.6. The first-order chi connectivity index (χ1) is 11.7. The van der Waals surface area contributed by atoms with Gasteiger partial charge in [0, 0.05) is 11.6 Å². The van der Waals surface area contributed by atoms with Crippen molar-refractivity contribution in [2.24, 2.45) is 0 Å². The Kier molecular flexibility index (Phi) is 5.18. The normalized spacial score (nSPS) is 12.0. The van der Waals surface area contributed by atoms with Crippen molar-refractivity contribution >= 4 is 22.5 Å². The van der Waals surface area contributed by atoms with Crippen LogP contribution in [0.3, 0.4) is 0 Å². The minimum absolute atomic E-state index is 0.0753. The highest BCUT2D eigenvalue weighted by Crippen LogP contribution is 2.21. The van der Waals surface area contributed by atoms with E-state index < -0.39 is 0 Å². The second kappa shape index (κ2) is 7.70. The van der Waals surface area contributed by atoms with Crippen LogP contribution in [0, 0.1) is 0 Å². The quantitative estimate of drug-likeness (QED) is 0.741. The van der Waals surface area contributed by atoms with Gasteiger partial charge in [-0.3, -0.25) is 9.78 Å². The average Bonchev–Trinajstić information content (AvgIpc) is 2.61. The van der Waals surface area contributed by atoms with Gasteiger partial charge in [0.1, 0.15) is 0 Å². The number of carbonyl (C=O) groups excluding carboxylic acids is 1. The van der Waals surface area contributed by atoms with Crippen molar-refractivity contribution in [2.45, 2.75) is 26.1 Å². The molecule has 0 saturated heterocycles. The lowest BCUT2D eigenvalue weighted by atomic mass is 10.2. The van der Waals surface area contributed by atoms with Crippen molar-refractivity contribution in [3.63, 3.8) is 0 Å². The Bertz CT molecular complexity index is 813. The highest BCUT2D eigenvalue weighted by atomic mass is 16.5. The van der Waals surface area contributed by atoms with Crippen LogP contribution in [0.5, 0.6) is 0 Å². The van der Waals surface area contributed by atoms with Crippen LogP contribution in [0.25, 0.3) is 10.9 Å². The van der Waals surface area contributed by atoms with Crippen LogP contribution in [0.4, 0.5) is 5.69 Å². The highest BCUT2D eigenvalue weighted by Gasteiger charge is 2.11. The molecule has 1 N–H and O–H groups in total. The number of hydrogen-bond donors (Lipinski definition) is 1. The molecule has 1 amide bonds. The molecule has 0 aliphatic heterocycles. The van der Waals surface area contributed by atoms with Crippen LogP contribution in [0.1, 0.15) is 18.9 Å². The Balaban J connectivity index is 1.56. The van der Waals surface area contributed by atoms with Crippen LogP contribution in [-0.4, -0.2) is 17.0 Å². The summed E-state index contributed by atoms with van der Waals surface area (Å²) in [6.07, 6.45) is 1.87. The van der Waals surface area contributed by atoms with E-state index in [0.29, 0.717) is 13.0 Å². The smallest absolute Gasteiger partial charge is 0.227 e. The second-order valence-electron chi connectivity index (χ2n) is 5.74. The number of benzene rings is 2. The van der Waals surface area contributed by atoms with E-state index in [0.717, 1.165) is 22.2 Å². The third kappa shape index (κ3) is 4.18. The van der Waals surface area contributed by atoms with Crippen molar-refractivity contribution in [3.05, 3.63) is 72.4 Å². The first-order valence-corrected chi connectivity index (χ1v) is 8.01. The van der Waals surface area contributed by atoms with Crippen LogP contribution >= 0.6 is 0 Å². The Morgan fingerprint density at radius 2 is 1.88 bits per heavy atom. The lowest BCUT2D eigenvalue weighted by molar-refractivity contribution is -0.118. The number of amides is 1. The molecule has 2 aromatic carbocycles. The molecule has 1 aromatic heterocycles. The summed E-state index contributed by atoms with van der Waals surface area (Å²) < 4.78 is 5.75. The molecule has 1 atom stereocenters. The fourth-order valence-corrected chi connectivity index (χ4v) is 2.54. The highest BCUT2D eigenvalue weighted by molar-refractivity contribution is 6.00. The summed E-state index contributed by atoms with van der Waals surface area (Å²) in [6.45, 7) is 2.41. The second-order valence-corrected chi connectivity index (χ2v) is 5.74. The molecular weight excluding hydrogens is 300 g/mol. The van der Waals surface area contributed by atoms with Crippen LogP contribution in [-0.2, 0) is 16.1 Å². The number of nitrogens with one attached hydrogen (secondary N) is 1. The van der Waals surface area contributed by atoms with Gasteiger partial charge < -0.3 is 10.1 Å². The van der Waals surface area contributed by atoms with Crippen LogP contribution < -0.4 is 5.32 Å². The molecule has 0 spiro atoms. The minimum atomic E-state index is -0.159. The molecule has 0 aliphatic rings. The molecule has 4 heteroatoms. The Morgan fingerprint density at radius 3 is 2.71 bits per heavy atom. The molecule has 1 heterocycles.